The van der Waals surface area contributed by atoms with Crippen LogP contribution in [-0.4, -0.2) is 48.1 Å². The quantitative estimate of drug-likeness (QED) is 0.887. The van der Waals surface area contributed by atoms with Crippen LogP contribution in [0.25, 0.3) is 0 Å². The first kappa shape index (κ1) is 14.4. The molecule has 0 spiro atoms. The van der Waals surface area contributed by atoms with Crippen LogP contribution in [-0.2, 0) is 16.1 Å². The monoisotopic (exact) mass is 290 g/mol. The zero-order chi connectivity index (χ0) is 14.8. The van der Waals surface area contributed by atoms with E-state index in [1.54, 1.807) is 6.20 Å². The van der Waals surface area contributed by atoms with Crippen LogP contribution in [0.4, 0.5) is 5.82 Å². The van der Waals surface area contributed by atoms with Crippen molar-refractivity contribution >= 4 is 11.7 Å². The molecule has 21 heavy (non-hydrogen) atoms. The number of nitrogens with zero attached hydrogens (tertiary/aromatic N) is 3. The van der Waals surface area contributed by atoms with E-state index in [1.807, 2.05) is 14.1 Å². The van der Waals surface area contributed by atoms with Gasteiger partial charge in [-0.3, -0.25) is 9.78 Å². The van der Waals surface area contributed by atoms with E-state index in [4.69, 9.17) is 4.74 Å². The Bertz CT molecular complexity index is 522. The number of hydrogen-bond donors (Lipinski definition) is 1. The van der Waals surface area contributed by atoms with Gasteiger partial charge in [0.2, 0.25) is 5.91 Å². The van der Waals surface area contributed by atoms with E-state index >= 15 is 0 Å². The van der Waals surface area contributed by atoms with Crippen molar-refractivity contribution in [1.29, 1.82) is 0 Å². The van der Waals surface area contributed by atoms with E-state index in [1.165, 1.54) is 0 Å². The molecule has 6 heteroatoms. The zero-order valence-electron chi connectivity index (χ0n) is 12.6. The van der Waals surface area contributed by atoms with Crippen molar-refractivity contribution < 1.29 is 9.53 Å². The number of amides is 1. The molecule has 114 valence electrons. The fourth-order valence-corrected chi connectivity index (χ4v) is 2.58. The van der Waals surface area contributed by atoms with Gasteiger partial charge in [0, 0.05) is 25.0 Å². The van der Waals surface area contributed by atoms with E-state index in [0.29, 0.717) is 24.9 Å². The Balaban J connectivity index is 1.80. The third kappa shape index (κ3) is 3.57. The van der Waals surface area contributed by atoms with Gasteiger partial charge in [0.15, 0.2) is 5.82 Å². The molecular formula is C15H22N4O2. The number of aromatic nitrogens is 2. The van der Waals surface area contributed by atoms with Gasteiger partial charge in [-0.15, -0.1) is 0 Å². The second-order valence-corrected chi connectivity index (χ2v) is 6.15. The maximum atomic E-state index is 11.8. The first-order valence-corrected chi connectivity index (χ1v) is 7.52. The van der Waals surface area contributed by atoms with Crippen molar-refractivity contribution in [3.8, 4) is 0 Å². The highest BCUT2D eigenvalue weighted by Gasteiger charge is 2.30. The van der Waals surface area contributed by atoms with Gasteiger partial charge in [0.25, 0.3) is 0 Å². The van der Waals surface area contributed by atoms with Crippen LogP contribution >= 0.6 is 0 Å². The minimum Gasteiger partial charge on any atom is -0.381 e. The molecule has 2 aliphatic rings. The lowest BCUT2D eigenvalue weighted by molar-refractivity contribution is -0.117. The average Bonchev–Trinajstić information content (AvgIpc) is 3.15. The molecule has 2 heterocycles. The van der Waals surface area contributed by atoms with Crippen LogP contribution in [0.2, 0.25) is 0 Å². The summed E-state index contributed by atoms with van der Waals surface area (Å²) in [5.74, 6) is 1.12. The van der Waals surface area contributed by atoms with Crippen LogP contribution in [0.3, 0.4) is 0 Å². The molecule has 0 bridgehead atoms. The second kappa shape index (κ2) is 6.07. The van der Waals surface area contributed by atoms with Gasteiger partial charge in [-0.1, -0.05) is 0 Å². The van der Waals surface area contributed by atoms with Crippen molar-refractivity contribution in [1.82, 2.24) is 14.9 Å². The lowest BCUT2D eigenvalue weighted by Gasteiger charge is -2.17. The average molecular weight is 290 g/mol. The zero-order valence-corrected chi connectivity index (χ0v) is 12.6. The highest BCUT2D eigenvalue weighted by Crippen LogP contribution is 2.30. The summed E-state index contributed by atoms with van der Waals surface area (Å²) in [4.78, 5) is 23.1. The summed E-state index contributed by atoms with van der Waals surface area (Å²) in [6.45, 7) is 2.21. The molecule has 1 unspecified atom stereocenters. The molecule has 1 saturated heterocycles. The number of carbonyl (C=O) groups excluding carboxylic acids is 1. The molecule has 1 atom stereocenters. The Morgan fingerprint density at radius 3 is 2.86 bits per heavy atom. The van der Waals surface area contributed by atoms with Crippen molar-refractivity contribution in [3.05, 3.63) is 17.6 Å². The minimum atomic E-state index is 0.0667. The molecule has 6 nitrogen and oxygen atoms in total. The summed E-state index contributed by atoms with van der Waals surface area (Å²) < 4.78 is 5.45. The minimum absolute atomic E-state index is 0.0667. The highest BCUT2D eigenvalue weighted by molar-refractivity contribution is 5.93. The molecule has 1 aromatic rings. The molecule has 1 aromatic heterocycles. The number of carbonyl (C=O) groups is 1. The summed E-state index contributed by atoms with van der Waals surface area (Å²) in [6, 6.07) is 0. The van der Waals surface area contributed by atoms with Crippen molar-refractivity contribution in [2.45, 2.75) is 31.7 Å². The van der Waals surface area contributed by atoms with Crippen LogP contribution in [0.1, 0.15) is 36.6 Å². The third-order valence-corrected chi connectivity index (χ3v) is 3.86. The smallest absolute Gasteiger partial charge is 0.228 e. The molecule has 1 aliphatic heterocycles. The lowest BCUT2D eigenvalue weighted by atomic mass is 10.0. The normalized spacial score (nSPS) is 21.8. The Morgan fingerprint density at radius 1 is 1.43 bits per heavy atom. The number of nitrogens with one attached hydrogen (secondary N) is 1. The van der Waals surface area contributed by atoms with Gasteiger partial charge in [-0.2, -0.15) is 0 Å². The van der Waals surface area contributed by atoms with E-state index < -0.39 is 0 Å². The lowest BCUT2D eigenvalue weighted by Crippen LogP contribution is -2.20. The van der Waals surface area contributed by atoms with Crippen LogP contribution in [0.15, 0.2) is 6.20 Å². The third-order valence-electron chi connectivity index (χ3n) is 3.86. The fraction of sp³-hybridized carbons (Fsp3) is 0.667. The topological polar surface area (TPSA) is 67.4 Å². The second-order valence-electron chi connectivity index (χ2n) is 6.15. The van der Waals surface area contributed by atoms with E-state index in [2.05, 4.69) is 20.2 Å². The van der Waals surface area contributed by atoms with Gasteiger partial charge in [-0.05, 0) is 33.4 Å². The van der Waals surface area contributed by atoms with E-state index in [-0.39, 0.29) is 11.8 Å². The first-order chi connectivity index (χ1) is 10.1. The van der Waals surface area contributed by atoms with Gasteiger partial charge in [-0.25, -0.2) is 4.98 Å². The molecule has 1 saturated carbocycles. The van der Waals surface area contributed by atoms with Gasteiger partial charge in [0.05, 0.1) is 24.2 Å². The number of hydrogen-bond acceptors (Lipinski definition) is 5. The van der Waals surface area contributed by atoms with E-state index in [0.717, 1.165) is 37.3 Å². The molecule has 0 aromatic carbocycles. The molecule has 1 N–H and O–H groups in total. The molecule has 1 amide bonds. The summed E-state index contributed by atoms with van der Waals surface area (Å²) >= 11 is 0. The van der Waals surface area contributed by atoms with Crippen molar-refractivity contribution in [3.63, 3.8) is 0 Å². The van der Waals surface area contributed by atoms with Gasteiger partial charge in [0.1, 0.15) is 0 Å². The SMILES string of the molecule is CN(C)Cc1nc(NC(=O)C2CC2)cnc1C1CCOC1. The molecule has 0 radical (unpaired) electrons. The number of anilines is 1. The Hall–Kier alpha value is -1.53. The Kier molecular flexibility index (Phi) is 4.17. The molecular weight excluding hydrogens is 268 g/mol. The summed E-state index contributed by atoms with van der Waals surface area (Å²) in [7, 11) is 4.01. The maximum Gasteiger partial charge on any atom is 0.228 e. The van der Waals surface area contributed by atoms with Crippen LogP contribution in [0.5, 0.6) is 0 Å². The van der Waals surface area contributed by atoms with Gasteiger partial charge >= 0.3 is 0 Å². The summed E-state index contributed by atoms with van der Waals surface area (Å²) in [6.07, 6.45) is 4.64. The van der Waals surface area contributed by atoms with Gasteiger partial charge < -0.3 is 15.0 Å². The van der Waals surface area contributed by atoms with E-state index in [9.17, 15) is 4.79 Å². The summed E-state index contributed by atoms with van der Waals surface area (Å²) in [5, 5.41) is 2.87. The fourth-order valence-electron chi connectivity index (χ4n) is 2.58. The number of rotatable bonds is 5. The highest BCUT2D eigenvalue weighted by atomic mass is 16.5. The standard InChI is InChI=1S/C15H22N4O2/c1-19(2)8-12-14(11-5-6-21-9-11)16-7-13(17-12)18-15(20)10-3-4-10/h7,10-11H,3-6,8-9H2,1-2H3,(H,17,18,20). The van der Waals surface area contributed by atoms with Crippen LogP contribution < -0.4 is 5.32 Å². The Morgan fingerprint density at radius 2 is 2.24 bits per heavy atom. The Labute approximate surface area is 124 Å². The molecule has 1 aliphatic carbocycles. The first-order valence-electron chi connectivity index (χ1n) is 7.52. The van der Waals surface area contributed by atoms with Crippen LogP contribution in [0, 0.1) is 5.92 Å². The molecule has 3 rings (SSSR count). The summed E-state index contributed by atoms with van der Waals surface area (Å²) in [5.41, 5.74) is 1.94. The molecule has 2 fully saturated rings. The predicted octanol–water partition coefficient (Wildman–Crippen LogP) is 1.39. The largest absolute Gasteiger partial charge is 0.381 e. The maximum absolute atomic E-state index is 11.8. The van der Waals surface area contributed by atoms with Crippen molar-refractivity contribution in [2.24, 2.45) is 5.92 Å². The number of ether oxygens (including phenoxy) is 1. The predicted molar refractivity (Wildman–Crippen MR) is 79.0 cm³/mol. The van der Waals surface area contributed by atoms with Crippen molar-refractivity contribution in [2.75, 3.05) is 32.6 Å².